The molecule has 96 valence electrons. The SMILES string of the molecule is Cc1noc2c1[C-](C)C(I)N(C(C)C)C2(C)F.[K+]. The monoisotopic (exact) mass is 390 g/mol. The van der Waals surface area contributed by atoms with Gasteiger partial charge in [0.25, 0.3) is 0 Å². The third kappa shape index (κ3) is 2.58. The van der Waals surface area contributed by atoms with E-state index in [-0.39, 0.29) is 61.5 Å². The number of rotatable bonds is 1. The van der Waals surface area contributed by atoms with Crippen LogP contribution in [0.3, 0.4) is 0 Å². The van der Waals surface area contributed by atoms with Crippen molar-refractivity contribution in [3.63, 3.8) is 0 Å². The molecule has 6 heteroatoms. The first-order valence-corrected chi connectivity index (χ1v) is 6.95. The first-order chi connectivity index (χ1) is 7.78. The van der Waals surface area contributed by atoms with E-state index in [1.165, 1.54) is 0 Å². The van der Waals surface area contributed by atoms with Crippen molar-refractivity contribution in [2.24, 2.45) is 0 Å². The van der Waals surface area contributed by atoms with Crippen LogP contribution in [0.5, 0.6) is 0 Å². The molecule has 2 rings (SSSR count). The standard InChI is InChI=1S/C12H17FIN2O.K/c1-6(2)16-11(14)7(3)9-8(4)15-17-10(9)12(16,5)13;/h6,11H,1-5H3;/q-1;+1. The number of nitrogens with zero attached hydrogens (tertiary/aromatic N) is 2. The maximum absolute atomic E-state index is 15.0. The van der Waals surface area contributed by atoms with E-state index in [4.69, 9.17) is 4.52 Å². The Morgan fingerprint density at radius 3 is 2.61 bits per heavy atom. The minimum Gasteiger partial charge on any atom is -0.430 e. The molecular weight excluding hydrogens is 373 g/mol. The number of fused-ring (bicyclic) bond motifs is 1. The zero-order chi connectivity index (χ0) is 13.0. The zero-order valence-electron chi connectivity index (χ0n) is 11.7. The third-order valence-corrected chi connectivity index (χ3v) is 4.85. The van der Waals surface area contributed by atoms with E-state index in [0.29, 0.717) is 5.76 Å². The quantitative estimate of drug-likeness (QED) is 0.231. The fourth-order valence-electron chi connectivity index (χ4n) is 2.55. The molecule has 0 bridgehead atoms. The molecule has 0 aliphatic carbocycles. The molecule has 2 unspecified atom stereocenters. The van der Waals surface area contributed by atoms with Crippen LogP contribution >= 0.6 is 22.6 Å². The maximum Gasteiger partial charge on any atom is 1.00 e. The Kier molecular flexibility index (Phi) is 5.78. The first-order valence-electron chi connectivity index (χ1n) is 5.70. The van der Waals surface area contributed by atoms with Gasteiger partial charge in [0.1, 0.15) is 0 Å². The molecule has 3 nitrogen and oxygen atoms in total. The van der Waals surface area contributed by atoms with Crippen molar-refractivity contribution in [3.05, 3.63) is 22.9 Å². The Morgan fingerprint density at radius 1 is 1.56 bits per heavy atom. The average molecular weight is 390 g/mol. The minimum atomic E-state index is -1.60. The number of alkyl halides is 2. The normalized spacial score (nSPS) is 28.2. The summed E-state index contributed by atoms with van der Waals surface area (Å²) < 4.78 is 20.2. The summed E-state index contributed by atoms with van der Waals surface area (Å²) in [6.07, 6.45) is 0. The molecule has 0 saturated carbocycles. The number of aryl methyl sites for hydroxylation is 1. The van der Waals surface area contributed by atoms with Crippen molar-refractivity contribution in [1.29, 1.82) is 0 Å². The van der Waals surface area contributed by atoms with E-state index in [2.05, 4.69) is 27.7 Å². The summed E-state index contributed by atoms with van der Waals surface area (Å²) in [5.74, 6) is -0.145. The van der Waals surface area contributed by atoms with Crippen LogP contribution in [-0.2, 0) is 5.79 Å². The predicted octanol–water partition coefficient (Wildman–Crippen LogP) is 0.557. The van der Waals surface area contributed by atoms with Gasteiger partial charge in [0.05, 0.1) is 5.76 Å². The van der Waals surface area contributed by atoms with Gasteiger partial charge in [-0.1, -0.05) is 36.4 Å². The van der Waals surface area contributed by atoms with Crippen molar-refractivity contribution < 1.29 is 60.3 Å². The van der Waals surface area contributed by atoms with Gasteiger partial charge in [-0.15, -0.1) is 11.5 Å². The van der Waals surface area contributed by atoms with E-state index < -0.39 is 5.79 Å². The molecule has 1 aromatic rings. The molecule has 2 atom stereocenters. The number of halogens is 2. The van der Waals surface area contributed by atoms with Gasteiger partial charge < -0.3 is 4.52 Å². The Bertz CT molecular complexity index is 436. The van der Waals surface area contributed by atoms with Gasteiger partial charge in [0.15, 0.2) is 5.79 Å². The predicted molar refractivity (Wildman–Crippen MR) is 72.5 cm³/mol. The second-order valence-electron chi connectivity index (χ2n) is 4.95. The van der Waals surface area contributed by atoms with Crippen LogP contribution in [0, 0.1) is 12.8 Å². The van der Waals surface area contributed by atoms with E-state index >= 15 is 0 Å². The van der Waals surface area contributed by atoms with Gasteiger partial charge in [-0.2, -0.15) is 5.16 Å². The molecular formula is C12H17FIKN2O. The van der Waals surface area contributed by atoms with Gasteiger partial charge in [0, 0.05) is 10.1 Å². The van der Waals surface area contributed by atoms with Crippen molar-refractivity contribution >= 4 is 22.6 Å². The third-order valence-electron chi connectivity index (χ3n) is 3.31. The number of hydrogen-bond acceptors (Lipinski definition) is 3. The average Bonchev–Trinajstić information content (AvgIpc) is 2.57. The molecule has 1 aliphatic heterocycles. The van der Waals surface area contributed by atoms with E-state index in [0.717, 1.165) is 17.2 Å². The van der Waals surface area contributed by atoms with Crippen LogP contribution in [0.2, 0.25) is 0 Å². The molecule has 0 fully saturated rings. The van der Waals surface area contributed by atoms with Crippen LogP contribution in [0.1, 0.15) is 44.7 Å². The van der Waals surface area contributed by atoms with Crippen LogP contribution in [0.4, 0.5) is 4.39 Å². The first kappa shape index (κ1) is 17.4. The van der Waals surface area contributed by atoms with Gasteiger partial charge in [-0.3, -0.25) is 4.90 Å². The van der Waals surface area contributed by atoms with Gasteiger partial charge >= 0.3 is 51.4 Å². The molecule has 2 heterocycles. The molecule has 0 N–H and O–H groups in total. The molecule has 0 saturated heterocycles. The second-order valence-corrected chi connectivity index (χ2v) is 6.13. The fourth-order valence-corrected chi connectivity index (χ4v) is 4.03. The Labute approximate surface area is 164 Å². The van der Waals surface area contributed by atoms with Gasteiger partial charge in [-0.05, 0) is 26.5 Å². The number of hydrogen-bond donors (Lipinski definition) is 0. The summed E-state index contributed by atoms with van der Waals surface area (Å²) in [7, 11) is 0. The number of aromatic nitrogens is 1. The summed E-state index contributed by atoms with van der Waals surface area (Å²) in [6, 6.07) is 0.0976. The van der Waals surface area contributed by atoms with Crippen molar-refractivity contribution in [2.45, 2.75) is 50.5 Å². The molecule has 18 heavy (non-hydrogen) atoms. The minimum absolute atomic E-state index is 0. The smallest absolute Gasteiger partial charge is 0.430 e. The molecule has 0 radical (unpaired) electrons. The van der Waals surface area contributed by atoms with E-state index in [1.807, 2.05) is 32.6 Å². The van der Waals surface area contributed by atoms with Gasteiger partial charge in [0.2, 0.25) is 0 Å². The van der Waals surface area contributed by atoms with Crippen LogP contribution in [0.25, 0.3) is 0 Å². The summed E-state index contributed by atoms with van der Waals surface area (Å²) >= 11 is 2.28. The zero-order valence-corrected chi connectivity index (χ0v) is 17.0. The largest absolute Gasteiger partial charge is 1.00 e. The molecule has 1 aromatic heterocycles. The van der Waals surface area contributed by atoms with Crippen LogP contribution in [0.15, 0.2) is 4.52 Å². The van der Waals surface area contributed by atoms with Crippen molar-refractivity contribution in [2.75, 3.05) is 0 Å². The maximum atomic E-state index is 15.0. The molecule has 0 amide bonds. The second kappa shape index (κ2) is 5.99. The van der Waals surface area contributed by atoms with Crippen LogP contribution in [-0.4, -0.2) is 20.1 Å². The summed E-state index contributed by atoms with van der Waals surface area (Å²) in [6.45, 7) is 9.41. The molecule has 1 aliphatic rings. The Morgan fingerprint density at radius 2 is 2.11 bits per heavy atom. The molecule has 0 spiro atoms. The Hall–Kier alpha value is 1.34. The van der Waals surface area contributed by atoms with Crippen molar-refractivity contribution in [3.8, 4) is 0 Å². The summed E-state index contributed by atoms with van der Waals surface area (Å²) in [4.78, 5) is 1.82. The molecule has 0 aromatic carbocycles. The van der Waals surface area contributed by atoms with Gasteiger partial charge in [-0.25, -0.2) is 4.39 Å². The van der Waals surface area contributed by atoms with Crippen LogP contribution < -0.4 is 51.4 Å². The summed E-state index contributed by atoms with van der Waals surface area (Å²) in [5.41, 5.74) is 1.62. The Balaban J connectivity index is 0.00000162. The fraction of sp³-hybridized carbons (Fsp3) is 0.667. The van der Waals surface area contributed by atoms with Crippen molar-refractivity contribution in [1.82, 2.24) is 10.1 Å². The topological polar surface area (TPSA) is 29.3 Å². The summed E-state index contributed by atoms with van der Waals surface area (Å²) in [5, 5.41) is 3.91. The van der Waals surface area contributed by atoms with E-state index in [1.54, 1.807) is 6.92 Å². The van der Waals surface area contributed by atoms with E-state index in [9.17, 15) is 4.39 Å².